The first-order valence-electron chi connectivity index (χ1n) is 4.79. The van der Waals surface area contributed by atoms with Gasteiger partial charge in [0.2, 0.25) is 0 Å². The highest BCUT2D eigenvalue weighted by Gasteiger charge is 2.06. The number of nitrogens with two attached hydrogens (primary N) is 1. The molecule has 0 fully saturated rings. The van der Waals surface area contributed by atoms with Crippen molar-refractivity contribution in [2.24, 2.45) is 12.8 Å². The van der Waals surface area contributed by atoms with Crippen molar-refractivity contribution in [3.63, 3.8) is 0 Å². The zero-order valence-corrected chi connectivity index (χ0v) is 8.27. The summed E-state index contributed by atoms with van der Waals surface area (Å²) in [6, 6.07) is 3.96. The Morgan fingerprint density at radius 1 is 1.50 bits per heavy atom. The van der Waals surface area contributed by atoms with Crippen LogP contribution < -0.4 is 5.73 Å². The van der Waals surface area contributed by atoms with Crippen molar-refractivity contribution in [3.05, 3.63) is 24.2 Å². The van der Waals surface area contributed by atoms with Crippen molar-refractivity contribution >= 4 is 11.2 Å². The molecule has 0 saturated carbocycles. The second-order valence-electron chi connectivity index (χ2n) is 3.33. The number of nitrogens with zero attached hydrogens (tertiary/aromatic N) is 3. The highest BCUT2D eigenvalue weighted by atomic mass is 15.1. The van der Waals surface area contributed by atoms with E-state index in [0.29, 0.717) is 6.54 Å². The Labute approximate surface area is 82.8 Å². The van der Waals surface area contributed by atoms with Gasteiger partial charge in [-0.3, -0.25) is 0 Å². The summed E-state index contributed by atoms with van der Waals surface area (Å²) in [5.41, 5.74) is 7.37. The van der Waals surface area contributed by atoms with Crippen molar-refractivity contribution in [1.82, 2.24) is 14.5 Å². The lowest BCUT2D eigenvalue weighted by Gasteiger charge is -1.99. The molecule has 0 radical (unpaired) electrons. The molecule has 2 aromatic rings. The molecule has 4 nitrogen and oxygen atoms in total. The summed E-state index contributed by atoms with van der Waals surface area (Å²) in [5, 5.41) is 0. The van der Waals surface area contributed by atoms with Crippen LogP contribution in [0.1, 0.15) is 12.2 Å². The first kappa shape index (κ1) is 9.15. The number of aromatic nitrogens is 3. The molecular weight excluding hydrogens is 176 g/mol. The van der Waals surface area contributed by atoms with E-state index in [1.807, 2.05) is 19.2 Å². The van der Waals surface area contributed by atoms with Crippen molar-refractivity contribution in [2.45, 2.75) is 12.8 Å². The van der Waals surface area contributed by atoms with Crippen LogP contribution in [0.2, 0.25) is 0 Å². The zero-order valence-electron chi connectivity index (χ0n) is 8.27. The van der Waals surface area contributed by atoms with E-state index in [2.05, 4.69) is 14.5 Å². The second-order valence-corrected chi connectivity index (χ2v) is 3.33. The van der Waals surface area contributed by atoms with E-state index in [-0.39, 0.29) is 0 Å². The number of hydrogen-bond acceptors (Lipinski definition) is 3. The summed E-state index contributed by atoms with van der Waals surface area (Å²) in [5.74, 6) is 1.06. The summed E-state index contributed by atoms with van der Waals surface area (Å²) in [6.07, 6.45) is 3.66. The summed E-state index contributed by atoms with van der Waals surface area (Å²) < 4.78 is 2.08. The van der Waals surface area contributed by atoms with Crippen LogP contribution in [0.5, 0.6) is 0 Å². The van der Waals surface area contributed by atoms with E-state index in [0.717, 1.165) is 29.8 Å². The Balaban J connectivity index is 2.41. The van der Waals surface area contributed by atoms with Gasteiger partial charge >= 0.3 is 0 Å². The quantitative estimate of drug-likeness (QED) is 0.781. The Morgan fingerprint density at radius 2 is 2.36 bits per heavy atom. The fourth-order valence-electron chi connectivity index (χ4n) is 1.56. The van der Waals surface area contributed by atoms with Gasteiger partial charge in [-0.25, -0.2) is 9.97 Å². The highest BCUT2D eigenvalue weighted by Crippen LogP contribution is 2.12. The monoisotopic (exact) mass is 190 g/mol. The van der Waals surface area contributed by atoms with Crippen LogP contribution in [-0.4, -0.2) is 21.1 Å². The van der Waals surface area contributed by atoms with E-state index in [1.54, 1.807) is 6.20 Å². The standard InChI is InChI=1S/C10H14N4/c1-14-8-4-3-7-12-10(8)13-9(14)5-2-6-11/h3-4,7H,2,5-6,11H2,1H3. The van der Waals surface area contributed by atoms with Crippen molar-refractivity contribution in [2.75, 3.05) is 6.54 Å². The van der Waals surface area contributed by atoms with Crippen LogP contribution in [0, 0.1) is 0 Å². The van der Waals surface area contributed by atoms with Crippen LogP contribution in [0.15, 0.2) is 18.3 Å². The molecule has 0 aliphatic carbocycles. The third kappa shape index (κ3) is 1.48. The molecule has 0 bridgehead atoms. The summed E-state index contributed by atoms with van der Waals surface area (Å²) >= 11 is 0. The first-order chi connectivity index (χ1) is 6.83. The smallest absolute Gasteiger partial charge is 0.177 e. The van der Waals surface area contributed by atoms with Crippen LogP contribution >= 0.6 is 0 Å². The zero-order chi connectivity index (χ0) is 9.97. The molecule has 2 aromatic heterocycles. The lowest BCUT2D eigenvalue weighted by molar-refractivity contribution is 0.740. The summed E-state index contributed by atoms with van der Waals surface area (Å²) in [6.45, 7) is 0.705. The van der Waals surface area contributed by atoms with Crippen molar-refractivity contribution in [1.29, 1.82) is 0 Å². The van der Waals surface area contributed by atoms with E-state index in [4.69, 9.17) is 5.73 Å². The van der Waals surface area contributed by atoms with Gasteiger partial charge in [0.15, 0.2) is 5.65 Å². The van der Waals surface area contributed by atoms with Gasteiger partial charge in [0.05, 0.1) is 5.52 Å². The molecule has 4 heteroatoms. The van der Waals surface area contributed by atoms with E-state index >= 15 is 0 Å². The van der Waals surface area contributed by atoms with Gasteiger partial charge in [0.25, 0.3) is 0 Å². The van der Waals surface area contributed by atoms with Crippen LogP contribution in [0.4, 0.5) is 0 Å². The van der Waals surface area contributed by atoms with E-state index < -0.39 is 0 Å². The molecule has 0 atom stereocenters. The molecule has 74 valence electrons. The number of imidazole rings is 1. The maximum absolute atomic E-state index is 5.47. The number of pyridine rings is 1. The fraction of sp³-hybridized carbons (Fsp3) is 0.400. The summed E-state index contributed by atoms with van der Waals surface area (Å²) in [7, 11) is 2.02. The second kappa shape index (κ2) is 3.75. The average molecular weight is 190 g/mol. The highest BCUT2D eigenvalue weighted by molar-refractivity contribution is 5.71. The van der Waals surface area contributed by atoms with Gasteiger partial charge < -0.3 is 10.3 Å². The Bertz CT molecular complexity index is 433. The van der Waals surface area contributed by atoms with Crippen LogP contribution in [-0.2, 0) is 13.5 Å². The lowest BCUT2D eigenvalue weighted by atomic mass is 10.3. The minimum absolute atomic E-state index is 0.705. The predicted molar refractivity (Wildman–Crippen MR) is 55.9 cm³/mol. The number of rotatable bonds is 3. The van der Waals surface area contributed by atoms with Gasteiger partial charge in [-0.1, -0.05) is 0 Å². The maximum atomic E-state index is 5.47. The molecule has 0 aromatic carbocycles. The third-order valence-electron chi connectivity index (χ3n) is 2.35. The van der Waals surface area contributed by atoms with E-state index in [9.17, 15) is 0 Å². The van der Waals surface area contributed by atoms with Gasteiger partial charge in [-0.05, 0) is 25.1 Å². The molecule has 2 N–H and O–H groups in total. The molecule has 0 aliphatic rings. The number of hydrogen-bond donors (Lipinski definition) is 1. The average Bonchev–Trinajstić information content (AvgIpc) is 2.54. The minimum Gasteiger partial charge on any atom is -0.330 e. The lowest BCUT2D eigenvalue weighted by Crippen LogP contribution is -2.04. The first-order valence-corrected chi connectivity index (χ1v) is 4.79. The Kier molecular flexibility index (Phi) is 2.45. The van der Waals surface area contributed by atoms with Gasteiger partial charge in [-0.2, -0.15) is 0 Å². The fourth-order valence-corrected chi connectivity index (χ4v) is 1.56. The molecule has 0 unspecified atom stereocenters. The maximum Gasteiger partial charge on any atom is 0.177 e. The molecule has 0 aliphatic heterocycles. The molecule has 2 rings (SSSR count). The largest absolute Gasteiger partial charge is 0.330 e. The van der Waals surface area contributed by atoms with Crippen LogP contribution in [0.25, 0.3) is 11.2 Å². The molecular formula is C10H14N4. The topological polar surface area (TPSA) is 56.7 Å². The van der Waals surface area contributed by atoms with Crippen molar-refractivity contribution < 1.29 is 0 Å². The van der Waals surface area contributed by atoms with E-state index in [1.165, 1.54) is 0 Å². The van der Waals surface area contributed by atoms with Gasteiger partial charge in [-0.15, -0.1) is 0 Å². The predicted octanol–water partition coefficient (Wildman–Crippen LogP) is 0.860. The van der Waals surface area contributed by atoms with Crippen molar-refractivity contribution in [3.8, 4) is 0 Å². The molecule has 14 heavy (non-hydrogen) atoms. The Hall–Kier alpha value is -1.42. The summed E-state index contributed by atoms with van der Waals surface area (Å²) in [4.78, 5) is 8.65. The van der Waals surface area contributed by atoms with Crippen LogP contribution in [0.3, 0.4) is 0 Å². The normalized spacial score (nSPS) is 11.0. The van der Waals surface area contributed by atoms with Gasteiger partial charge in [0, 0.05) is 19.7 Å². The third-order valence-corrected chi connectivity index (χ3v) is 2.35. The van der Waals surface area contributed by atoms with Gasteiger partial charge in [0.1, 0.15) is 5.82 Å². The molecule has 0 spiro atoms. The Morgan fingerprint density at radius 3 is 3.07 bits per heavy atom. The number of fused-ring (bicyclic) bond motifs is 1. The number of aryl methyl sites for hydroxylation is 2. The molecule has 2 heterocycles. The molecule has 0 amide bonds. The minimum atomic E-state index is 0.705. The molecule has 0 saturated heterocycles. The SMILES string of the molecule is Cn1c(CCCN)nc2ncccc21.